The summed E-state index contributed by atoms with van der Waals surface area (Å²) in [6.07, 6.45) is 0. The molecule has 0 radical (unpaired) electrons. The number of urea groups is 1. The lowest BCUT2D eigenvalue weighted by Gasteiger charge is -2.35. The van der Waals surface area contributed by atoms with Gasteiger partial charge in [-0.25, -0.2) is 13.2 Å². The van der Waals surface area contributed by atoms with Crippen molar-refractivity contribution in [2.75, 3.05) is 62.9 Å². The summed E-state index contributed by atoms with van der Waals surface area (Å²) in [5.74, 6) is 0.880. The molecule has 2 aromatic carbocycles. The van der Waals surface area contributed by atoms with Gasteiger partial charge in [-0.15, -0.1) is 0 Å². The number of nitrogens with zero attached hydrogens (tertiary/aromatic N) is 2. The van der Waals surface area contributed by atoms with Gasteiger partial charge in [-0.3, -0.25) is 0 Å². The van der Waals surface area contributed by atoms with Gasteiger partial charge < -0.3 is 25.0 Å². The van der Waals surface area contributed by atoms with Crippen molar-refractivity contribution >= 4 is 27.4 Å². The van der Waals surface area contributed by atoms with Crippen LogP contribution in [0.2, 0.25) is 0 Å². The van der Waals surface area contributed by atoms with Crippen molar-refractivity contribution in [3.8, 4) is 11.5 Å². The lowest BCUT2D eigenvalue weighted by atomic mass is 10.2. The molecule has 1 saturated heterocycles. The average Bonchev–Trinajstić information content (AvgIpc) is 2.79. The number of rotatable bonds is 8. The van der Waals surface area contributed by atoms with E-state index >= 15 is 0 Å². The molecule has 0 spiro atoms. The lowest BCUT2D eigenvalue weighted by Crippen LogP contribution is -2.50. The van der Waals surface area contributed by atoms with Gasteiger partial charge in [0.25, 0.3) is 0 Å². The maximum Gasteiger partial charge on any atom is 0.319 e. The van der Waals surface area contributed by atoms with Gasteiger partial charge in [-0.1, -0.05) is 12.1 Å². The highest BCUT2D eigenvalue weighted by Gasteiger charge is 2.27. The Balaban J connectivity index is 1.47. The molecule has 2 amide bonds. The van der Waals surface area contributed by atoms with Crippen LogP contribution in [0.5, 0.6) is 11.5 Å². The summed E-state index contributed by atoms with van der Waals surface area (Å²) in [5, 5.41) is 5.26. The van der Waals surface area contributed by atoms with Crippen molar-refractivity contribution in [1.29, 1.82) is 0 Å². The third-order valence-electron chi connectivity index (χ3n) is 5.30. The van der Waals surface area contributed by atoms with E-state index in [0.29, 0.717) is 43.4 Å². The van der Waals surface area contributed by atoms with Crippen LogP contribution in [0, 0.1) is 6.92 Å². The second-order valence-electron chi connectivity index (χ2n) is 7.49. The number of hydrogen-bond donors (Lipinski definition) is 2. The molecular weight excluding hydrogens is 432 g/mol. The molecule has 0 aromatic heterocycles. The second-order valence-corrected chi connectivity index (χ2v) is 9.58. The van der Waals surface area contributed by atoms with E-state index in [1.807, 2.05) is 25.1 Å². The zero-order chi connectivity index (χ0) is 23.1. The highest BCUT2D eigenvalue weighted by atomic mass is 32.2. The number of nitrogens with one attached hydrogen (secondary N) is 2. The predicted molar refractivity (Wildman–Crippen MR) is 125 cm³/mol. The van der Waals surface area contributed by atoms with E-state index < -0.39 is 16.1 Å². The van der Waals surface area contributed by atoms with Crippen LogP contribution in [0.25, 0.3) is 0 Å². The quantitative estimate of drug-likeness (QED) is 0.624. The van der Waals surface area contributed by atoms with Crippen LogP contribution in [0.15, 0.2) is 42.5 Å². The third kappa shape index (κ3) is 6.04. The van der Waals surface area contributed by atoms with Crippen LogP contribution >= 0.6 is 0 Å². The third-order valence-corrected chi connectivity index (χ3v) is 7.17. The van der Waals surface area contributed by atoms with E-state index in [2.05, 4.69) is 21.6 Å². The molecule has 1 heterocycles. The second kappa shape index (κ2) is 10.6. The minimum absolute atomic E-state index is 0.00469. The Morgan fingerprint density at radius 2 is 1.78 bits per heavy atom. The summed E-state index contributed by atoms with van der Waals surface area (Å²) in [6.45, 7) is 4.15. The molecule has 0 bridgehead atoms. The number of benzene rings is 2. The molecule has 174 valence electrons. The molecule has 0 atom stereocenters. The maximum atomic E-state index is 12.7. The first-order valence-electron chi connectivity index (χ1n) is 10.4. The topological polar surface area (TPSA) is 100 Å². The van der Waals surface area contributed by atoms with Crippen LogP contribution in [-0.2, 0) is 10.0 Å². The first-order valence-corrected chi connectivity index (χ1v) is 12.0. The Kier molecular flexibility index (Phi) is 7.81. The minimum atomic E-state index is -3.46. The standard InChI is InChI=1S/C22H30N4O5S/c1-17-5-4-6-18(15-17)25-10-12-26(13-11-25)32(28,29)14-9-23-22(27)24-20-8-7-19(30-2)16-21(20)31-3/h4-8,15-16H,9-14H2,1-3H3,(H2,23,24,27). The number of aryl methyl sites for hydroxylation is 1. The van der Waals surface area contributed by atoms with Gasteiger partial charge >= 0.3 is 6.03 Å². The number of carbonyl (C=O) groups is 1. The molecule has 32 heavy (non-hydrogen) atoms. The Bertz CT molecular complexity index is 1040. The van der Waals surface area contributed by atoms with Gasteiger partial charge in [0.05, 0.1) is 25.7 Å². The molecule has 0 aliphatic carbocycles. The van der Waals surface area contributed by atoms with E-state index in [-0.39, 0.29) is 12.3 Å². The largest absolute Gasteiger partial charge is 0.497 e. The van der Waals surface area contributed by atoms with E-state index in [1.54, 1.807) is 18.2 Å². The molecule has 2 aromatic rings. The molecule has 1 fully saturated rings. The summed E-state index contributed by atoms with van der Waals surface area (Å²) < 4.78 is 37.3. The van der Waals surface area contributed by atoms with E-state index in [0.717, 1.165) is 5.69 Å². The molecule has 9 nitrogen and oxygen atoms in total. The molecule has 1 aliphatic rings. The first-order chi connectivity index (χ1) is 15.3. The number of amides is 2. The number of carbonyl (C=O) groups excluding carboxylic acids is 1. The Morgan fingerprint density at radius 1 is 1.03 bits per heavy atom. The number of piperazine rings is 1. The van der Waals surface area contributed by atoms with Crippen molar-refractivity contribution in [1.82, 2.24) is 9.62 Å². The van der Waals surface area contributed by atoms with E-state index in [4.69, 9.17) is 9.47 Å². The molecule has 2 N–H and O–H groups in total. The zero-order valence-corrected chi connectivity index (χ0v) is 19.4. The number of sulfonamides is 1. The Morgan fingerprint density at radius 3 is 2.44 bits per heavy atom. The molecule has 3 rings (SSSR count). The fraction of sp³-hybridized carbons (Fsp3) is 0.409. The fourth-order valence-corrected chi connectivity index (χ4v) is 4.88. The monoisotopic (exact) mass is 462 g/mol. The first kappa shape index (κ1) is 23.7. The van der Waals surface area contributed by atoms with Crippen LogP contribution in [0.3, 0.4) is 0 Å². The summed E-state index contributed by atoms with van der Waals surface area (Å²) in [7, 11) is -0.436. The van der Waals surface area contributed by atoms with Crippen molar-refractivity contribution in [3.05, 3.63) is 48.0 Å². The molecule has 10 heteroatoms. The average molecular weight is 463 g/mol. The van der Waals surface area contributed by atoms with Crippen molar-refractivity contribution in [2.24, 2.45) is 0 Å². The highest BCUT2D eigenvalue weighted by molar-refractivity contribution is 7.89. The summed E-state index contributed by atoms with van der Waals surface area (Å²) in [6, 6.07) is 12.7. The Labute approximate surface area is 189 Å². The molecule has 0 unspecified atom stereocenters. The zero-order valence-electron chi connectivity index (χ0n) is 18.6. The van der Waals surface area contributed by atoms with Crippen LogP contribution < -0.4 is 25.0 Å². The summed E-state index contributed by atoms with van der Waals surface area (Å²) >= 11 is 0. The van der Waals surface area contributed by atoms with Gasteiger partial charge in [-0.05, 0) is 36.8 Å². The fourth-order valence-electron chi connectivity index (χ4n) is 3.54. The van der Waals surface area contributed by atoms with Gasteiger partial charge in [-0.2, -0.15) is 4.31 Å². The smallest absolute Gasteiger partial charge is 0.319 e. The van der Waals surface area contributed by atoms with Gasteiger partial charge in [0.1, 0.15) is 11.5 Å². The molecular formula is C22H30N4O5S. The molecule has 1 aliphatic heterocycles. The maximum absolute atomic E-state index is 12.7. The van der Waals surface area contributed by atoms with Gasteiger partial charge in [0.15, 0.2) is 0 Å². The number of hydrogen-bond acceptors (Lipinski definition) is 6. The van der Waals surface area contributed by atoms with Crippen LogP contribution in [0.1, 0.15) is 5.56 Å². The van der Waals surface area contributed by atoms with Crippen molar-refractivity contribution < 1.29 is 22.7 Å². The van der Waals surface area contributed by atoms with E-state index in [1.165, 1.54) is 24.1 Å². The van der Waals surface area contributed by atoms with E-state index in [9.17, 15) is 13.2 Å². The number of methoxy groups -OCH3 is 2. The lowest BCUT2D eigenvalue weighted by molar-refractivity contribution is 0.252. The normalized spacial score (nSPS) is 14.7. The summed E-state index contributed by atoms with van der Waals surface area (Å²) in [4.78, 5) is 14.4. The SMILES string of the molecule is COc1ccc(NC(=O)NCCS(=O)(=O)N2CCN(c3cccc(C)c3)CC2)c(OC)c1. The predicted octanol–water partition coefficient (Wildman–Crippen LogP) is 2.29. The van der Waals surface area contributed by atoms with Crippen LogP contribution in [-0.4, -0.2) is 71.5 Å². The number of anilines is 2. The Hall–Kier alpha value is -2.98. The number of ether oxygens (including phenoxy) is 2. The summed E-state index contributed by atoms with van der Waals surface area (Å²) in [5.41, 5.74) is 2.74. The molecule has 0 saturated carbocycles. The minimum Gasteiger partial charge on any atom is -0.497 e. The van der Waals surface area contributed by atoms with Gasteiger partial charge in [0, 0.05) is 44.5 Å². The highest BCUT2D eigenvalue weighted by Crippen LogP contribution is 2.28. The van der Waals surface area contributed by atoms with Crippen molar-refractivity contribution in [3.63, 3.8) is 0 Å². The van der Waals surface area contributed by atoms with Crippen LogP contribution in [0.4, 0.5) is 16.2 Å². The van der Waals surface area contributed by atoms with Gasteiger partial charge in [0.2, 0.25) is 10.0 Å². The van der Waals surface area contributed by atoms with Crippen molar-refractivity contribution in [2.45, 2.75) is 6.92 Å².